The zero-order chi connectivity index (χ0) is 19.6. The lowest BCUT2D eigenvalue weighted by molar-refractivity contribution is 0.0919. The molecule has 0 radical (unpaired) electrons. The second-order valence-corrected chi connectivity index (χ2v) is 7.98. The van der Waals surface area contributed by atoms with Crippen LogP contribution in [-0.2, 0) is 6.42 Å². The Morgan fingerprint density at radius 2 is 1.81 bits per heavy atom. The molecule has 5 heteroatoms. The summed E-state index contributed by atoms with van der Waals surface area (Å²) in [5.41, 5.74) is 3.18. The average molecular weight is 382 g/mol. The van der Waals surface area contributed by atoms with E-state index in [-0.39, 0.29) is 11.4 Å². The maximum absolute atomic E-state index is 12.8. The fourth-order valence-electron chi connectivity index (χ4n) is 2.93. The van der Waals surface area contributed by atoms with E-state index >= 15 is 0 Å². The van der Waals surface area contributed by atoms with Crippen molar-refractivity contribution in [3.8, 4) is 16.8 Å². The molecule has 1 heterocycles. The zero-order valence-corrected chi connectivity index (χ0v) is 16.8. The molecule has 0 bridgehead atoms. The third kappa shape index (κ3) is 4.58. The number of halogens is 1. The quantitative estimate of drug-likeness (QED) is 0.668. The number of carbonyl (C=O) groups excluding carboxylic acids is 1. The molecule has 0 saturated heterocycles. The van der Waals surface area contributed by atoms with Gasteiger partial charge in [0.2, 0.25) is 0 Å². The minimum absolute atomic E-state index is 0.0993. The summed E-state index contributed by atoms with van der Waals surface area (Å²) >= 11 is 6.03. The van der Waals surface area contributed by atoms with Gasteiger partial charge < -0.3 is 9.88 Å². The number of aryl methyl sites for hydroxylation is 1. The van der Waals surface area contributed by atoms with Gasteiger partial charge in [0.15, 0.2) is 0 Å². The summed E-state index contributed by atoms with van der Waals surface area (Å²) in [6, 6.07) is 13.5. The van der Waals surface area contributed by atoms with E-state index in [1.54, 1.807) is 6.20 Å². The van der Waals surface area contributed by atoms with Crippen molar-refractivity contribution in [2.75, 3.05) is 0 Å². The van der Waals surface area contributed by atoms with Gasteiger partial charge in [0.05, 0.1) is 0 Å². The molecule has 0 aliphatic rings. The van der Waals surface area contributed by atoms with Crippen LogP contribution in [0, 0.1) is 0 Å². The van der Waals surface area contributed by atoms with E-state index in [4.69, 9.17) is 11.6 Å². The van der Waals surface area contributed by atoms with Gasteiger partial charge in [-0.3, -0.25) is 4.79 Å². The number of benzene rings is 2. The van der Waals surface area contributed by atoms with Crippen LogP contribution in [0.5, 0.6) is 0 Å². The van der Waals surface area contributed by atoms with Crippen molar-refractivity contribution < 1.29 is 4.79 Å². The van der Waals surface area contributed by atoms with E-state index in [2.05, 4.69) is 23.3 Å². The maximum Gasteiger partial charge on any atom is 0.251 e. The molecule has 4 nitrogen and oxygen atoms in total. The van der Waals surface area contributed by atoms with Crippen LogP contribution in [-0.4, -0.2) is 21.0 Å². The number of amides is 1. The number of aromatic nitrogens is 2. The number of hydrogen-bond donors (Lipinski definition) is 1. The molecule has 3 rings (SSSR count). The van der Waals surface area contributed by atoms with Gasteiger partial charge in [0.1, 0.15) is 5.82 Å². The van der Waals surface area contributed by atoms with Crippen LogP contribution >= 0.6 is 11.6 Å². The highest BCUT2D eigenvalue weighted by Crippen LogP contribution is 2.26. The van der Waals surface area contributed by atoms with E-state index < -0.39 is 0 Å². The Bertz CT molecular complexity index is 952. The first-order valence-corrected chi connectivity index (χ1v) is 9.41. The molecule has 0 saturated carbocycles. The summed E-state index contributed by atoms with van der Waals surface area (Å²) < 4.78 is 2.02. The van der Waals surface area contributed by atoms with E-state index in [0.717, 1.165) is 29.1 Å². The molecular weight excluding hydrogens is 358 g/mol. The first-order chi connectivity index (χ1) is 12.8. The molecule has 1 amide bonds. The average Bonchev–Trinajstić information content (AvgIpc) is 3.09. The highest BCUT2D eigenvalue weighted by atomic mass is 35.5. The predicted octanol–water partition coefficient (Wildman–Crippen LogP) is 5.28. The maximum atomic E-state index is 12.8. The van der Waals surface area contributed by atoms with E-state index in [0.29, 0.717) is 10.6 Å². The van der Waals surface area contributed by atoms with Crippen LogP contribution in [0.1, 0.15) is 43.9 Å². The molecule has 0 aliphatic heterocycles. The normalized spacial score (nSPS) is 11.4. The second kappa shape index (κ2) is 7.57. The molecule has 1 N–H and O–H groups in total. The smallest absolute Gasteiger partial charge is 0.251 e. The Labute approximate surface area is 165 Å². The van der Waals surface area contributed by atoms with Crippen LogP contribution in [0.15, 0.2) is 54.9 Å². The fraction of sp³-hybridized carbons (Fsp3) is 0.273. The molecule has 27 heavy (non-hydrogen) atoms. The first kappa shape index (κ1) is 19.2. The van der Waals surface area contributed by atoms with Crippen molar-refractivity contribution in [1.82, 2.24) is 14.9 Å². The topological polar surface area (TPSA) is 46.9 Å². The van der Waals surface area contributed by atoms with Crippen molar-refractivity contribution in [1.29, 1.82) is 0 Å². The fourth-order valence-corrected chi connectivity index (χ4v) is 3.06. The molecule has 0 aliphatic carbocycles. The van der Waals surface area contributed by atoms with Crippen molar-refractivity contribution in [3.05, 3.63) is 71.3 Å². The van der Waals surface area contributed by atoms with E-state index in [1.165, 1.54) is 0 Å². The second-order valence-electron chi connectivity index (χ2n) is 7.55. The summed E-state index contributed by atoms with van der Waals surface area (Å²) in [4.78, 5) is 17.2. The van der Waals surface area contributed by atoms with Crippen LogP contribution in [0.3, 0.4) is 0 Å². The minimum Gasteiger partial charge on any atom is -0.347 e. The lowest BCUT2D eigenvalue weighted by atomic mass is 10.0. The summed E-state index contributed by atoms with van der Waals surface area (Å²) in [5.74, 6) is 0.850. The standard InChI is InChI=1S/C22H24ClN3O/c1-5-20-24-10-11-26(20)19-13-16(15-6-8-18(23)9-7-15)12-17(14-19)21(27)25-22(2,3)4/h6-14H,5H2,1-4H3,(H,25,27). The Balaban J connectivity index is 2.13. The van der Waals surface area contributed by atoms with Crippen molar-refractivity contribution >= 4 is 17.5 Å². The number of imidazole rings is 1. The number of nitrogens with zero attached hydrogens (tertiary/aromatic N) is 2. The number of carbonyl (C=O) groups is 1. The largest absolute Gasteiger partial charge is 0.347 e. The Kier molecular flexibility index (Phi) is 5.38. The van der Waals surface area contributed by atoms with Gasteiger partial charge in [-0.15, -0.1) is 0 Å². The van der Waals surface area contributed by atoms with E-state index in [1.807, 2.05) is 67.9 Å². The Morgan fingerprint density at radius 1 is 1.11 bits per heavy atom. The van der Waals surface area contributed by atoms with Crippen molar-refractivity contribution in [3.63, 3.8) is 0 Å². The number of nitrogens with one attached hydrogen (secondary N) is 1. The summed E-state index contributed by atoms with van der Waals surface area (Å²) in [6.07, 6.45) is 4.51. The summed E-state index contributed by atoms with van der Waals surface area (Å²) in [7, 11) is 0. The lowest BCUT2D eigenvalue weighted by Crippen LogP contribution is -2.40. The Morgan fingerprint density at radius 3 is 2.44 bits per heavy atom. The van der Waals surface area contributed by atoms with Gasteiger partial charge in [-0.05, 0) is 62.2 Å². The number of hydrogen-bond acceptors (Lipinski definition) is 2. The van der Waals surface area contributed by atoms with E-state index in [9.17, 15) is 4.79 Å². The highest BCUT2D eigenvalue weighted by Gasteiger charge is 2.17. The van der Waals surface area contributed by atoms with Gasteiger partial charge in [-0.1, -0.05) is 30.7 Å². The minimum atomic E-state index is -0.308. The molecule has 0 spiro atoms. The zero-order valence-electron chi connectivity index (χ0n) is 16.1. The molecule has 3 aromatic rings. The van der Waals surface area contributed by atoms with Gasteiger partial charge in [0.25, 0.3) is 5.91 Å². The third-order valence-corrected chi connectivity index (χ3v) is 4.41. The lowest BCUT2D eigenvalue weighted by Gasteiger charge is -2.21. The molecule has 2 aromatic carbocycles. The first-order valence-electron chi connectivity index (χ1n) is 9.03. The molecule has 1 aromatic heterocycles. The van der Waals surface area contributed by atoms with Crippen LogP contribution in [0.25, 0.3) is 16.8 Å². The molecular formula is C22H24ClN3O. The van der Waals surface area contributed by atoms with Crippen molar-refractivity contribution in [2.45, 2.75) is 39.7 Å². The predicted molar refractivity (Wildman–Crippen MR) is 111 cm³/mol. The van der Waals surface area contributed by atoms with Gasteiger partial charge in [-0.25, -0.2) is 4.98 Å². The molecule has 0 atom stereocenters. The Hall–Kier alpha value is -2.59. The molecule has 0 unspecified atom stereocenters. The van der Waals surface area contributed by atoms with Crippen LogP contribution in [0.2, 0.25) is 5.02 Å². The molecule has 0 fully saturated rings. The van der Waals surface area contributed by atoms with Gasteiger partial charge in [-0.2, -0.15) is 0 Å². The van der Waals surface area contributed by atoms with Crippen LogP contribution in [0.4, 0.5) is 0 Å². The third-order valence-electron chi connectivity index (χ3n) is 4.16. The summed E-state index contributed by atoms with van der Waals surface area (Å²) in [6.45, 7) is 7.98. The van der Waals surface area contributed by atoms with Crippen LogP contribution < -0.4 is 5.32 Å². The van der Waals surface area contributed by atoms with Gasteiger partial charge >= 0.3 is 0 Å². The van der Waals surface area contributed by atoms with Gasteiger partial charge in [0, 0.05) is 40.6 Å². The van der Waals surface area contributed by atoms with Crippen molar-refractivity contribution in [2.24, 2.45) is 0 Å². The summed E-state index contributed by atoms with van der Waals surface area (Å²) in [5, 5.41) is 3.72. The SMILES string of the molecule is CCc1nccn1-c1cc(C(=O)NC(C)(C)C)cc(-c2ccc(Cl)cc2)c1. The number of rotatable bonds is 4. The monoisotopic (exact) mass is 381 g/mol. The highest BCUT2D eigenvalue weighted by molar-refractivity contribution is 6.30. The molecule has 140 valence electrons.